The third-order valence-corrected chi connectivity index (χ3v) is 5.38. The highest BCUT2D eigenvalue weighted by Crippen LogP contribution is 2.34. The number of ketones is 1. The molecule has 0 saturated carbocycles. The van der Waals surface area contributed by atoms with Crippen LogP contribution in [0.2, 0.25) is 0 Å². The summed E-state index contributed by atoms with van der Waals surface area (Å²) in [7, 11) is 0. The lowest BCUT2D eigenvalue weighted by Crippen LogP contribution is -2.46. The summed E-state index contributed by atoms with van der Waals surface area (Å²) in [5, 5.41) is 10.4. The molecule has 6 nitrogen and oxygen atoms in total. The summed E-state index contributed by atoms with van der Waals surface area (Å²) < 4.78 is 44.9. The van der Waals surface area contributed by atoms with Gasteiger partial charge in [-0.1, -0.05) is 24.3 Å². The van der Waals surface area contributed by atoms with Crippen LogP contribution < -0.4 is 0 Å². The van der Waals surface area contributed by atoms with Crippen molar-refractivity contribution >= 4 is 16.8 Å². The van der Waals surface area contributed by atoms with Gasteiger partial charge >= 0.3 is 6.18 Å². The molecule has 0 aliphatic carbocycles. The summed E-state index contributed by atoms with van der Waals surface area (Å²) in [4.78, 5) is 23.2. The van der Waals surface area contributed by atoms with E-state index in [2.05, 4.69) is 15.0 Å². The molecule has 0 radical (unpaired) electrons. The van der Waals surface area contributed by atoms with Gasteiger partial charge in [-0.25, -0.2) is 4.98 Å². The monoisotopic (exact) mass is 427 g/mol. The molecule has 0 unspecified atom stereocenters. The van der Waals surface area contributed by atoms with E-state index in [0.717, 1.165) is 12.1 Å². The summed E-state index contributed by atoms with van der Waals surface area (Å²) in [5.74, 6) is -0.312. The number of fused-ring (bicyclic) bond motifs is 1. The number of halogens is 3. The highest BCUT2D eigenvalue weighted by atomic mass is 19.4. The number of nitrogens with one attached hydrogen (secondary N) is 2. The Morgan fingerprint density at radius 3 is 2.61 bits per heavy atom. The molecule has 3 N–H and O–H groups in total. The van der Waals surface area contributed by atoms with Crippen LogP contribution in [0.15, 0.2) is 54.7 Å². The number of hydrogen-bond donors (Lipinski definition) is 3. The largest absolute Gasteiger partial charge is 0.417 e. The summed E-state index contributed by atoms with van der Waals surface area (Å²) in [6.07, 6.45) is -3.27. The van der Waals surface area contributed by atoms with Crippen LogP contribution in [-0.2, 0) is 16.5 Å². The second kappa shape index (κ2) is 6.79. The number of imidazole rings is 1. The fraction of sp³-hybridized carbons (Fsp3) is 0.182. The number of aromatic amines is 2. The number of hydrogen-bond acceptors (Lipinski definition) is 4. The minimum absolute atomic E-state index is 0.0915. The minimum Gasteiger partial charge on any atom is -0.380 e. The van der Waals surface area contributed by atoms with Crippen molar-refractivity contribution in [3.8, 4) is 11.5 Å². The van der Waals surface area contributed by atoms with Crippen LogP contribution in [0.1, 0.15) is 27.0 Å². The lowest BCUT2D eigenvalue weighted by molar-refractivity contribution is -0.184. The zero-order valence-corrected chi connectivity index (χ0v) is 16.0. The number of benzene rings is 2. The van der Waals surface area contributed by atoms with Crippen molar-refractivity contribution in [1.29, 1.82) is 0 Å². The highest BCUT2D eigenvalue weighted by molar-refractivity contribution is 6.10. The van der Waals surface area contributed by atoms with Crippen molar-refractivity contribution in [2.24, 2.45) is 0 Å². The number of H-pyrrole nitrogens is 2. The van der Waals surface area contributed by atoms with Crippen molar-refractivity contribution in [3.05, 3.63) is 77.0 Å². The molecule has 1 aliphatic heterocycles. The molecule has 0 spiro atoms. The van der Waals surface area contributed by atoms with Crippen molar-refractivity contribution in [2.75, 3.05) is 13.2 Å². The van der Waals surface area contributed by atoms with Gasteiger partial charge < -0.3 is 19.8 Å². The van der Waals surface area contributed by atoms with Crippen molar-refractivity contribution in [1.82, 2.24) is 15.0 Å². The Hall–Kier alpha value is -3.43. The van der Waals surface area contributed by atoms with Crippen LogP contribution in [0.5, 0.6) is 0 Å². The first-order valence-corrected chi connectivity index (χ1v) is 9.45. The maximum absolute atomic E-state index is 13.3. The van der Waals surface area contributed by atoms with Crippen LogP contribution in [0.25, 0.3) is 22.6 Å². The van der Waals surface area contributed by atoms with Gasteiger partial charge in [0, 0.05) is 17.3 Å². The van der Waals surface area contributed by atoms with Gasteiger partial charge in [0.2, 0.25) is 0 Å². The summed E-state index contributed by atoms with van der Waals surface area (Å²) in [5.41, 5.74) is 0.169. The van der Waals surface area contributed by atoms with Crippen LogP contribution in [0, 0.1) is 0 Å². The molecule has 0 atom stereocenters. The second-order valence-corrected chi connectivity index (χ2v) is 7.52. The first-order valence-electron chi connectivity index (χ1n) is 9.45. The van der Waals surface area contributed by atoms with Crippen LogP contribution in [0.3, 0.4) is 0 Å². The van der Waals surface area contributed by atoms with Gasteiger partial charge in [-0.3, -0.25) is 4.79 Å². The van der Waals surface area contributed by atoms with Crippen molar-refractivity contribution in [3.63, 3.8) is 0 Å². The van der Waals surface area contributed by atoms with E-state index in [4.69, 9.17) is 4.74 Å². The van der Waals surface area contributed by atoms with Gasteiger partial charge in [0.1, 0.15) is 5.60 Å². The number of carbonyl (C=O) groups excluding carboxylic acids is 1. The molecule has 1 fully saturated rings. The van der Waals surface area contributed by atoms with E-state index >= 15 is 0 Å². The lowest BCUT2D eigenvalue weighted by atomic mass is 9.92. The number of aromatic nitrogens is 3. The fourth-order valence-corrected chi connectivity index (χ4v) is 3.63. The Morgan fingerprint density at radius 2 is 1.90 bits per heavy atom. The van der Waals surface area contributed by atoms with E-state index in [0.29, 0.717) is 28.1 Å². The molecule has 158 valence electrons. The molecule has 2 aromatic carbocycles. The van der Waals surface area contributed by atoms with Gasteiger partial charge in [-0.2, -0.15) is 13.2 Å². The Kier molecular flexibility index (Phi) is 4.28. The van der Waals surface area contributed by atoms with Crippen LogP contribution in [0.4, 0.5) is 13.2 Å². The van der Waals surface area contributed by atoms with Crippen LogP contribution >= 0.6 is 0 Å². The molecule has 2 aromatic heterocycles. The number of aliphatic hydroxyl groups is 1. The number of ether oxygens (including phenoxy) is 1. The van der Waals surface area contributed by atoms with Gasteiger partial charge in [0.25, 0.3) is 0 Å². The Morgan fingerprint density at radius 1 is 1.13 bits per heavy atom. The predicted molar refractivity (Wildman–Crippen MR) is 105 cm³/mol. The summed E-state index contributed by atoms with van der Waals surface area (Å²) in [6.45, 7) is 0.446. The van der Waals surface area contributed by atoms with E-state index in [-0.39, 0.29) is 18.8 Å². The smallest absolute Gasteiger partial charge is 0.380 e. The zero-order chi connectivity index (χ0) is 21.8. The van der Waals surface area contributed by atoms with Gasteiger partial charge in [0.15, 0.2) is 11.6 Å². The van der Waals surface area contributed by atoms with Crippen molar-refractivity contribution < 1.29 is 27.8 Å². The quantitative estimate of drug-likeness (QED) is 0.429. The van der Waals surface area contributed by atoms with E-state index < -0.39 is 28.7 Å². The molecular formula is C22H16F3N3O3. The highest BCUT2D eigenvalue weighted by Gasteiger charge is 2.38. The summed E-state index contributed by atoms with van der Waals surface area (Å²) >= 11 is 0. The van der Waals surface area contributed by atoms with E-state index in [9.17, 15) is 23.1 Å². The van der Waals surface area contributed by atoms with E-state index in [1.165, 1.54) is 24.4 Å². The molecule has 3 heterocycles. The van der Waals surface area contributed by atoms with Gasteiger partial charge in [-0.05, 0) is 29.8 Å². The first kappa shape index (κ1) is 19.5. The van der Waals surface area contributed by atoms with Gasteiger partial charge in [-0.15, -0.1) is 0 Å². The molecule has 9 heteroatoms. The topological polar surface area (TPSA) is 91.0 Å². The molecule has 4 aromatic rings. The molecule has 0 bridgehead atoms. The number of nitrogens with zero attached hydrogens (tertiary/aromatic N) is 1. The second-order valence-electron chi connectivity index (χ2n) is 7.52. The molecule has 1 saturated heterocycles. The zero-order valence-electron chi connectivity index (χ0n) is 16.0. The molecule has 1 aliphatic rings. The maximum Gasteiger partial charge on any atom is 0.417 e. The first-order chi connectivity index (χ1) is 14.7. The Labute approximate surface area is 173 Å². The third kappa shape index (κ3) is 3.31. The normalized spacial score (nSPS) is 15.7. The maximum atomic E-state index is 13.3. The average molecular weight is 427 g/mol. The average Bonchev–Trinajstić information content (AvgIpc) is 3.37. The lowest BCUT2D eigenvalue weighted by Gasteiger charge is -2.36. The molecule has 0 amide bonds. The number of alkyl halides is 3. The fourth-order valence-electron chi connectivity index (χ4n) is 3.63. The number of rotatable bonds is 4. The number of carbonyl (C=O) groups is 1. The minimum atomic E-state index is -4.63. The molecule has 5 rings (SSSR count). The third-order valence-electron chi connectivity index (χ3n) is 5.38. The molecular weight excluding hydrogens is 411 g/mol. The Balaban J connectivity index is 1.47. The van der Waals surface area contributed by atoms with E-state index in [1.807, 2.05) is 0 Å². The summed E-state index contributed by atoms with van der Waals surface area (Å²) in [6, 6.07) is 11.5. The predicted octanol–water partition coefficient (Wildman–Crippen LogP) is 4.03. The van der Waals surface area contributed by atoms with E-state index in [1.54, 1.807) is 18.2 Å². The van der Waals surface area contributed by atoms with Crippen LogP contribution in [-0.4, -0.2) is 39.1 Å². The SMILES string of the molecule is O=C(c1c[nH]c(-c2nc3ccc(C4(O)COC4)cc3[nH]2)c1)c1ccccc1C(F)(F)F. The standard InChI is InChI=1S/C22H16F3N3O3/c23-22(24,25)15-4-2-1-3-14(15)19(29)12-7-18(26-9-12)20-27-16-6-5-13(8-17(16)28-20)21(30)10-31-11-21/h1-9,26,30H,10-11H2,(H,27,28). The molecule has 31 heavy (non-hydrogen) atoms. The van der Waals surface area contributed by atoms with Gasteiger partial charge in [0.05, 0.1) is 35.5 Å². The van der Waals surface area contributed by atoms with Crippen molar-refractivity contribution in [2.45, 2.75) is 11.8 Å². The Bertz CT molecular complexity index is 1300.